The molecule has 1 aromatic heterocycles. The Hall–Kier alpha value is -2.62. The van der Waals surface area contributed by atoms with Crippen molar-refractivity contribution in [1.82, 2.24) is 15.2 Å². The zero-order chi connectivity index (χ0) is 16.3. The van der Waals surface area contributed by atoms with Crippen LogP contribution in [0.3, 0.4) is 0 Å². The summed E-state index contributed by atoms with van der Waals surface area (Å²) in [5.74, 6) is -1.65. The number of ether oxygens (including phenoxy) is 1. The molecule has 0 aliphatic carbocycles. The number of carbonyl (C=O) groups excluding carboxylic acids is 1. The summed E-state index contributed by atoms with van der Waals surface area (Å²) in [6.45, 7) is -0.146. The molecule has 0 atom stereocenters. The first-order valence-corrected chi connectivity index (χ1v) is 5.86. The van der Waals surface area contributed by atoms with Gasteiger partial charge in [-0.1, -0.05) is 29.4 Å². The van der Waals surface area contributed by atoms with Crippen LogP contribution in [0.15, 0.2) is 28.8 Å². The van der Waals surface area contributed by atoms with Gasteiger partial charge in [0, 0.05) is 5.56 Å². The molecule has 1 amide bonds. The van der Waals surface area contributed by atoms with E-state index in [2.05, 4.69) is 19.4 Å². The summed E-state index contributed by atoms with van der Waals surface area (Å²) in [5, 5.41) is 12.9. The Morgan fingerprint density at radius 2 is 2.00 bits per heavy atom. The van der Waals surface area contributed by atoms with Crippen molar-refractivity contribution in [2.45, 2.75) is 12.7 Å². The average Bonchev–Trinajstić information content (AvgIpc) is 2.97. The molecule has 0 saturated carbocycles. The highest BCUT2D eigenvalue weighted by Gasteiger charge is 2.38. The summed E-state index contributed by atoms with van der Waals surface area (Å²) in [6.07, 6.45) is -5.64. The summed E-state index contributed by atoms with van der Waals surface area (Å²) in [6, 6.07) is 5.85. The Morgan fingerprint density at radius 3 is 2.50 bits per heavy atom. The first kappa shape index (κ1) is 15.8. The van der Waals surface area contributed by atoms with Crippen molar-refractivity contribution >= 4 is 6.09 Å². The smallest absolute Gasteiger partial charge is 0.451 e. The van der Waals surface area contributed by atoms with Crippen LogP contribution < -0.4 is 0 Å². The number of amides is 1. The van der Waals surface area contributed by atoms with Crippen LogP contribution >= 0.6 is 0 Å². The van der Waals surface area contributed by atoms with E-state index >= 15 is 0 Å². The first-order chi connectivity index (χ1) is 10.3. The molecule has 118 valence electrons. The zero-order valence-electron chi connectivity index (χ0n) is 11.2. The van der Waals surface area contributed by atoms with E-state index in [-0.39, 0.29) is 12.4 Å². The van der Waals surface area contributed by atoms with Gasteiger partial charge in [-0.05, 0) is 5.56 Å². The molecule has 10 heteroatoms. The van der Waals surface area contributed by atoms with E-state index in [9.17, 15) is 23.2 Å². The number of benzene rings is 1. The van der Waals surface area contributed by atoms with Crippen LogP contribution in [0.25, 0.3) is 11.4 Å². The highest BCUT2D eigenvalue weighted by atomic mass is 19.4. The molecular weight excluding hydrogens is 307 g/mol. The van der Waals surface area contributed by atoms with Crippen LogP contribution in [0.1, 0.15) is 11.5 Å². The second-order valence-corrected chi connectivity index (χ2v) is 4.15. The molecule has 0 unspecified atom stereocenters. The minimum Gasteiger partial charge on any atom is -0.451 e. The molecule has 2 aromatic rings. The highest BCUT2D eigenvalue weighted by Crippen LogP contribution is 2.29. The maximum atomic E-state index is 12.4. The van der Waals surface area contributed by atoms with Crippen LogP contribution in [0.2, 0.25) is 0 Å². The molecule has 2 rings (SSSR count). The molecule has 1 heterocycles. The molecule has 1 aromatic carbocycles. The highest BCUT2D eigenvalue weighted by molar-refractivity contribution is 5.66. The minimum atomic E-state index is -4.71. The Morgan fingerprint density at radius 1 is 1.36 bits per heavy atom. The summed E-state index contributed by atoms with van der Waals surface area (Å²) in [4.78, 5) is 14.3. The topological polar surface area (TPSA) is 88.7 Å². The third-order valence-corrected chi connectivity index (χ3v) is 2.60. The number of carbonyl (C=O) groups is 1. The molecule has 0 spiro atoms. The van der Waals surface area contributed by atoms with Gasteiger partial charge in [-0.15, -0.1) is 0 Å². The molecule has 0 bridgehead atoms. The fourth-order valence-corrected chi connectivity index (χ4v) is 1.56. The van der Waals surface area contributed by atoms with Gasteiger partial charge in [0.15, 0.2) is 0 Å². The normalized spacial score (nSPS) is 11.3. The lowest BCUT2D eigenvalue weighted by molar-refractivity contribution is -0.159. The molecule has 1 N–H and O–H groups in total. The second kappa shape index (κ2) is 6.02. The van der Waals surface area contributed by atoms with E-state index in [1.807, 2.05) is 0 Å². The monoisotopic (exact) mass is 317 g/mol. The van der Waals surface area contributed by atoms with Crippen molar-refractivity contribution in [2.24, 2.45) is 0 Å². The van der Waals surface area contributed by atoms with Crippen molar-refractivity contribution in [3.05, 3.63) is 35.7 Å². The quantitative estimate of drug-likeness (QED) is 0.691. The van der Waals surface area contributed by atoms with Gasteiger partial charge in [-0.2, -0.15) is 23.2 Å². The summed E-state index contributed by atoms with van der Waals surface area (Å²) in [5.41, 5.74) is 0.821. The fourth-order valence-electron chi connectivity index (χ4n) is 1.56. The van der Waals surface area contributed by atoms with Gasteiger partial charge in [-0.25, -0.2) is 4.79 Å². The van der Waals surface area contributed by atoms with E-state index in [1.54, 1.807) is 0 Å². The number of halogens is 3. The van der Waals surface area contributed by atoms with Crippen LogP contribution in [-0.2, 0) is 17.5 Å². The standard InChI is InChI=1S/C12H10F3N3O4/c1-21-11(19)18(20)6-7-2-4-8(5-3-7)9-16-10(22-17-9)12(13,14)15/h2-5,20H,6H2,1H3. The maximum absolute atomic E-state index is 12.4. The first-order valence-electron chi connectivity index (χ1n) is 5.86. The Balaban J connectivity index is 2.12. The van der Waals surface area contributed by atoms with E-state index in [1.165, 1.54) is 24.3 Å². The second-order valence-electron chi connectivity index (χ2n) is 4.15. The van der Waals surface area contributed by atoms with Crippen LogP contribution in [0, 0.1) is 0 Å². The van der Waals surface area contributed by atoms with Gasteiger partial charge in [0.25, 0.3) is 0 Å². The number of methoxy groups -OCH3 is 1. The maximum Gasteiger partial charge on any atom is 0.471 e. The molecule has 0 radical (unpaired) electrons. The number of nitrogens with zero attached hydrogens (tertiary/aromatic N) is 3. The van der Waals surface area contributed by atoms with E-state index in [0.717, 1.165) is 7.11 Å². The van der Waals surface area contributed by atoms with Gasteiger partial charge in [-0.3, -0.25) is 5.21 Å². The molecule has 7 nitrogen and oxygen atoms in total. The Labute approximate surface area is 121 Å². The number of hydroxylamine groups is 2. The van der Waals surface area contributed by atoms with E-state index in [0.29, 0.717) is 16.2 Å². The lowest BCUT2D eigenvalue weighted by atomic mass is 10.1. The van der Waals surface area contributed by atoms with E-state index < -0.39 is 18.2 Å². The molecule has 0 aliphatic heterocycles. The third kappa shape index (κ3) is 3.52. The lowest BCUT2D eigenvalue weighted by Crippen LogP contribution is -2.26. The minimum absolute atomic E-state index is 0.146. The van der Waals surface area contributed by atoms with Crippen molar-refractivity contribution in [1.29, 1.82) is 0 Å². The summed E-state index contributed by atoms with van der Waals surface area (Å²) < 4.78 is 45.5. The third-order valence-electron chi connectivity index (χ3n) is 2.60. The molecule has 22 heavy (non-hydrogen) atoms. The van der Waals surface area contributed by atoms with Crippen molar-refractivity contribution < 1.29 is 32.4 Å². The molecule has 0 saturated heterocycles. The predicted molar refractivity (Wildman–Crippen MR) is 64.5 cm³/mol. The lowest BCUT2D eigenvalue weighted by Gasteiger charge is -2.13. The SMILES string of the molecule is COC(=O)N(O)Cc1ccc(-c2noc(C(F)(F)F)n2)cc1. The van der Waals surface area contributed by atoms with Crippen molar-refractivity contribution in [2.75, 3.05) is 7.11 Å². The Bertz CT molecular complexity index is 654. The number of hydrogen-bond acceptors (Lipinski definition) is 6. The van der Waals surface area contributed by atoms with Gasteiger partial charge < -0.3 is 9.26 Å². The zero-order valence-corrected chi connectivity index (χ0v) is 11.2. The van der Waals surface area contributed by atoms with Gasteiger partial charge in [0.05, 0.1) is 13.7 Å². The Kier molecular flexibility index (Phi) is 4.31. The van der Waals surface area contributed by atoms with Gasteiger partial charge in [0.2, 0.25) is 5.82 Å². The fraction of sp³-hybridized carbons (Fsp3) is 0.250. The molecule has 0 fully saturated rings. The number of alkyl halides is 3. The number of aromatic nitrogens is 2. The van der Waals surface area contributed by atoms with Gasteiger partial charge >= 0.3 is 18.2 Å². The number of hydrogen-bond donors (Lipinski definition) is 1. The predicted octanol–water partition coefficient (Wildman–Crippen LogP) is 2.71. The largest absolute Gasteiger partial charge is 0.471 e. The summed E-state index contributed by atoms with van der Waals surface area (Å²) >= 11 is 0. The molecular formula is C12H10F3N3O4. The van der Waals surface area contributed by atoms with Crippen LogP contribution in [-0.4, -0.2) is 33.6 Å². The average molecular weight is 317 g/mol. The van der Waals surface area contributed by atoms with Crippen LogP contribution in [0.4, 0.5) is 18.0 Å². The van der Waals surface area contributed by atoms with Gasteiger partial charge in [0.1, 0.15) is 0 Å². The molecule has 0 aliphatic rings. The summed E-state index contributed by atoms with van der Waals surface area (Å²) in [7, 11) is 1.11. The van der Waals surface area contributed by atoms with Crippen LogP contribution in [0.5, 0.6) is 0 Å². The van der Waals surface area contributed by atoms with Crippen molar-refractivity contribution in [3.8, 4) is 11.4 Å². The van der Waals surface area contributed by atoms with Crippen molar-refractivity contribution in [3.63, 3.8) is 0 Å². The van der Waals surface area contributed by atoms with E-state index in [4.69, 9.17) is 0 Å². The number of rotatable bonds is 3.